The first kappa shape index (κ1) is 22.2. The maximum atomic E-state index is 13.3. The highest BCUT2D eigenvalue weighted by Gasteiger charge is 2.17. The zero-order chi connectivity index (χ0) is 22.4. The molecule has 1 unspecified atom stereocenters. The fourth-order valence-corrected chi connectivity index (χ4v) is 3.21. The Bertz CT molecular complexity index is 1080. The monoisotopic (exact) mass is 423 g/mol. The Morgan fingerprint density at radius 3 is 2.35 bits per heavy atom. The summed E-state index contributed by atoms with van der Waals surface area (Å²) >= 11 is 0. The average molecular weight is 423 g/mol. The highest BCUT2D eigenvalue weighted by atomic mass is 19.1. The van der Waals surface area contributed by atoms with E-state index in [9.17, 15) is 14.0 Å². The molecule has 0 spiro atoms. The van der Waals surface area contributed by atoms with Crippen LogP contribution in [0.1, 0.15) is 28.4 Å². The molecule has 6 nitrogen and oxygen atoms in total. The maximum Gasteiger partial charge on any atom is 0.255 e. The molecule has 1 amide bonds. The molecule has 0 fully saturated rings. The fourth-order valence-electron chi connectivity index (χ4n) is 3.21. The summed E-state index contributed by atoms with van der Waals surface area (Å²) in [5.41, 5.74) is 1.56. The van der Waals surface area contributed by atoms with Gasteiger partial charge in [0.25, 0.3) is 11.5 Å². The SMILES string of the molecule is COc1ccc(-n2cc(C(=O)NC(CCN(C)C)c3ccc(F)cc3)ccc2=O)cc1. The number of rotatable bonds is 8. The molecule has 162 valence electrons. The quantitative estimate of drug-likeness (QED) is 0.603. The van der Waals surface area contributed by atoms with Crippen LogP contribution in [0.5, 0.6) is 5.75 Å². The first-order valence-corrected chi connectivity index (χ1v) is 9.95. The summed E-state index contributed by atoms with van der Waals surface area (Å²) in [6.45, 7) is 0.744. The highest BCUT2D eigenvalue weighted by Crippen LogP contribution is 2.19. The topological polar surface area (TPSA) is 63.6 Å². The number of benzene rings is 2. The molecular weight excluding hydrogens is 397 g/mol. The predicted octanol–water partition coefficient (Wildman–Crippen LogP) is 3.41. The van der Waals surface area contributed by atoms with Crippen molar-refractivity contribution < 1.29 is 13.9 Å². The van der Waals surface area contributed by atoms with Gasteiger partial charge in [-0.05, 0) is 75.1 Å². The van der Waals surface area contributed by atoms with E-state index in [0.717, 1.165) is 12.1 Å². The molecule has 0 saturated heterocycles. The number of nitrogens with zero attached hydrogens (tertiary/aromatic N) is 2. The number of hydrogen-bond donors (Lipinski definition) is 1. The number of carbonyl (C=O) groups excluding carboxylic acids is 1. The number of nitrogens with one attached hydrogen (secondary N) is 1. The molecule has 0 bridgehead atoms. The van der Waals surface area contributed by atoms with Crippen LogP contribution in [0.15, 0.2) is 71.7 Å². The number of carbonyl (C=O) groups is 1. The van der Waals surface area contributed by atoms with Crippen molar-refractivity contribution in [3.05, 3.63) is 94.2 Å². The van der Waals surface area contributed by atoms with Gasteiger partial charge in [0, 0.05) is 18.0 Å². The molecule has 2 aromatic carbocycles. The Hall–Kier alpha value is -3.45. The van der Waals surface area contributed by atoms with Gasteiger partial charge in [-0.3, -0.25) is 14.2 Å². The number of aromatic nitrogens is 1. The van der Waals surface area contributed by atoms with Crippen molar-refractivity contribution in [2.75, 3.05) is 27.7 Å². The lowest BCUT2D eigenvalue weighted by Crippen LogP contribution is -2.32. The molecule has 7 heteroatoms. The van der Waals surface area contributed by atoms with E-state index in [1.807, 2.05) is 19.0 Å². The molecule has 0 aliphatic rings. The fraction of sp³-hybridized carbons (Fsp3) is 0.250. The third-order valence-corrected chi connectivity index (χ3v) is 4.97. The molecule has 0 radical (unpaired) electrons. The van der Waals surface area contributed by atoms with Gasteiger partial charge in [0.2, 0.25) is 0 Å². The number of ether oxygens (including phenoxy) is 1. The number of methoxy groups -OCH3 is 1. The summed E-state index contributed by atoms with van der Waals surface area (Å²) in [4.78, 5) is 27.4. The predicted molar refractivity (Wildman–Crippen MR) is 118 cm³/mol. The van der Waals surface area contributed by atoms with Crippen molar-refractivity contribution in [3.8, 4) is 11.4 Å². The Morgan fingerprint density at radius 1 is 1.06 bits per heavy atom. The second-order valence-electron chi connectivity index (χ2n) is 7.49. The lowest BCUT2D eigenvalue weighted by atomic mass is 10.0. The van der Waals surface area contributed by atoms with E-state index in [2.05, 4.69) is 5.32 Å². The Labute approximate surface area is 180 Å². The second kappa shape index (κ2) is 10.0. The molecule has 3 rings (SSSR count). The van der Waals surface area contributed by atoms with Crippen LogP contribution in [0, 0.1) is 5.82 Å². The maximum absolute atomic E-state index is 13.3. The van der Waals surface area contributed by atoms with Crippen LogP contribution in [0.3, 0.4) is 0 Å². The Kier molecular flexibility index (Phi) is 7.20. The average Bonchev–Trinajstić information content (AvgIpc) is 2.77. The van der Waals surface area contributed by atoms with E-state index in [0.29, 0.717) is 23.4 Å². The van der Waals surface area contributed by atoms with Crippen LogP contribution in [-0.4, -0.2) is 43.1 Å². The van der Waals surface area contributed by atoms with Gasteiger partial charge >= 0.3 is 0 Å². The molecule has 31 heavy (non-hydrogen) atoms. The van der Waals surface area contributed by atoms with Crippen LogP contribution in [0.25, 0.3) is 5.69 Å². The molecule has 0 aliphatic carbocycles. The van der Waals surface area contributed by atoms with E-state index in [1.165, 1.54) is 35.0 Å². The summed E-state index contributed by atoms with van der Waals surface area (Å²) in [7, 11) is 5.47. The van der Waals surface area contributed by atoms with E-state index >= 15 is 0 Å². The van der Waals surface area contributed by atoms with Gasteiger partial charge in [-0.2, -0.15) is 0 Å². The first-order chi connectivity index (χ1) is 14.9. The van der Waals surface area contributed by atoms with E-state index in [1.54, 1.807) is 43.5 Å². The number of halogens is 1. The van der Waals surface area contributed by atoms with E-state index in [4.69, 9.17) is 4.74 Å². The van der Waals surface area contributed by atoms with Crippen LogP contribution >= 0.6 is 0 Å². The van der Waals surface area contributed by atoms with Crippen LogP contribution in [-0.2, 0) is 0 Å². The van der Waals surface area contributed by atoms with E-state index < -0.39 is 0 Å². The Balaban J connectivity index is 1.85. The molecular formula is C24H26FN3O3. The van der Waals surface area contributed by atoms with Gasteiger partial charge in [0.15, 0.2) is 0 Å². The van der Waals surface area contributed by atoms with Crippen molar-refractivity contribution >= 4 is 5.91 Å². The van der Waals surface area contributed by atoms with Gasteiger partial charge in [-0.25, -0.2) is 4.39 Å². The molecule has 1 atom stereocenters. The number of amides is 1. The van der Waals surface area contributed by atoms with Crippen LogP contribution in [0.2, 0.25) is 0 Å². The molecule has 0 saturated carbocycles. The number of pyridine rings is 1. The summed E-state index contributed by atoms with van der Waals surface area (Å²) in [6, 6.07) is 15.7. The largest absolute Gasteiger partial charge is 0.497 e. The van der Waals surface area contributed by atoms with E-state index in [-0.39, 0.29) is 23.3 Å². The minimum atomic E-state index is -0.326. The van der Waals surface area contributed by atoms with Crippen LogP contribution in [0.4, 0.5) is 4.39 Å². The van der Waals surface area contributed by atoms with Gasteiger partial charge in [0.1, 0.15) is 11.6 Å². The zero-order valence-electron chi connectivity index (χ0n) is 17.8. The molecule has 3 aromatic rings. The molecule has 1 N–H and O–H groups in total. The van der Waals surface area contributed by atoms with Crippen LogP contribution < -0.4 is 15.6 Å². The smallest absolute Gasteiger partial charge is 0.255 e. The molecule has 1 heterocycles. The van der Waals surface area contributed by atoms with Gasteiger partial charge in [-0.15, -0.1) is 0 Å². The first-order valence-electron chi connectivity index (χ1n) is 9.95. The zero-order valence-corrected chi connectivity index (χ0v) is 17.8. The van der Waals surface area contributed by atoms with Crippen molar-refractivity contribution in [2.45, 2.75) is 12.5 Å². The van der Waals surface area contributed by atoms with Gasteiger partial charge < -0.3 is 15.0 Å². The Morgan fingerprint density at radius 2 is 1.74 bits per heavy atom. The third-order valence-electron chi connectivity index (χ3n) is 4.97. The standard InChI is InChI=1S/C24H26FN3O3/c1-27(2)15-14-22(17-4-7-19(25)8-5-17)26-24(30)18-6-13-23(29)28(16-18)20-9-11-21(31-3)12-10-20/h4-13,16,22H,14-15H2,1-3H3,(H,26,30). The van der Waals surface area contributed by atoms with Crippen molar-refractivity contribution in [1.82, 2.24) is 14.8 Å². The lowest BCUT2D eigenvalue weighted by molar-refractivity contribution is 0.0932. The summed E-state index contributed by atoms with van der Waals surface area (Å²) < 4.78 is 19.9. The van der Waals surface area contributed by atoms with Gasteiger partial charge in [0.05, 0.1) is 18.7 Å². The molecule has 0 aliphatic heterocycles. The summed E-state index contributed by atoms with van der Waals surface area (Å²) in [5.74, 6) is 0.0390. The molecule has 1 aromatic heterocycles. The minimum absolute atomic E-state index is 0.246. The van der Waals surface area contributed by atoms with Crippen molar-refractivity contribution in [1.29, 1.82) is 0 Å². The highest BCUT2D eigenvalue weighted by molar-refractivity contribution is 5.94. The minimum Gasteiger partial charge on any atom is -0.497 e. The summed E-state index contributed by atoms with van der Waals surface area (Å²) in [5, 5.41) is 3.02. The van der Waals surface area contributed by atoms with Gasteiger partial charge in [-0.1, -0.05) is 12.1 Å². The second-order valence-corrected chi connectivity index (χ2v) is 7.49. The number of hydrogen-bond acceptors (Lipinski definition) is 4. The third kappa shape index (κ3) is 5.79. The van der Waals surface area contributed by atoms with Crippen molar-refractivity contribution in [3.63, 3.8) is 0 Å². The lowest BCUT2D eigenvalue weighted by Gasteiger charge is -2.21. The normalized spacial score (nSPS) is 11.9. The van der Waals surface area contributed by atoms with Crippen molar-refractivity contribution in [2.24, 2.45) is 0 Å². The summed E-state index contributed by atoms with van der Waals surface area (Å²) in [6.07, 6.45) is 2.18.